The van der Waals surface area contributed by atoms with E-state index in [-0.39, 0.29) is 0 Å². The first-order valence-corrected chi connectivity index (χ1v) is 7.34. The molecule has 94 valence electrons. The molecule has 1 heterocycles. The first-order chi connectivity index (χ1) is 7.88. The zero-order valence-corrected chi connectivity index (χ0v) is 10.9. The van der Waals surface area contributed by atoms with Gasteiger partial charge < -0.3 is 10.2 Å². The lowest BCUT2D eigenvalue weighted by Gasteiger charge is -2.33. The van der Waals surface area contributed by atoms with E-state index in [1.165, 1.54) is 71.1 Å². The van der Waals surface area contributed by atoms with Crippen LogP contribution in [0.2, 0.25) is 0 Å². The molecule has 2 nitrogen and oxygen atoms in total. The van der Waals surface area contributed by atoms with Gasteiger partial charge in [0.05, 0.1) is 0 Å². The first kappa shape index (κ1) is 12.4. The van der Waals surface area contributed by atoms with Crippen molar-refractivity contribution >= 4 is 0 Å². The minimum Gasteiger partial charge on any atom is -0.314 e. The highest BCUT2D eigenvalue weighted by Crippen LogP contribution is 2.27. The summed E-state index contributed by atoms with van der Waals surface area (Å²) in [4.78, 5) is 2.67. The Labute approximate surface area is 101 Å². The van der Waals surface area contributed by atoms with Crippen LogP contribution < -0.4 is 5.32 Å². The van der Waals surface area contributed by atoms with E-state index in [0.717, 1.165) is 12.0 Å². The number of nitrogens with one attached hydrogen (secondary N) is 1. The van der Waals surface area contributed by atoms with Gasteiger partial charge in [0.2, 0.25) is 0 Å². The number of piperidine rings is 1. The Balaban J connectivity index is 1.61. The monoisotopic (exact) mass is 224 g/mol. The maximum absolute atomic E-state index is 3.65. The van der Waals surface area contributed by atoms with E-state index >= 15 is 0 Å². The molecular formula is C14H28N2. The average Bonchev–Trinajstić information content (AvgIpc) is 2.28. The molecule has 0 aromatic heterocycles. The van der Waals surface area contributed by atoms with Crippen molar-refractivity contribution in [3.05, 3.63) is 0 Å². The van der Waals surface area contributed by atoms with Crippen molar-refractivity contribution in [1.82, 2.24) is 10.2 Å². The smallest absolute Gasteiger partial charge is 0.00792 e. The van der Waals surface area contributed by atoms with Crippen LogP contribution in [0.5, 0.6) is 0 Å². The topological polar surface area (TPSA) is 15.3 Å². The highest BCUT2D eigenvalue weighted by atomic mass is 15.1. The fourth-order valence-corrected chi connectivity index (χ4v) is 2.93. The lowest BCUT2D eigenvalue weighted by atomic mass is 9.85. The van der Waals surface area contributed by atoms with E-state index in [0.29, 0.717) is 0 Å². The molecule has 0 aromatic carbocycles. The first-order valence-electron chi connectivity index (χ1n) is 7.34. The molecule has 2 rings (SSSR count). The highest BCUT2D eigenvalue weighted by molar-refractivity contribution is 4.76. The molecular weight excluding hydrogens is 196 g/mol. The van der Waals surface area contributed by atoms with E-state index in [4.69, 9.17) is 0 Å². The Morgan fingerprint density at radius 3 is 2.56 bits per heavy atom. The van der Waals surface area contributed by atoms with Gasteiger partial charge in [0.25, 0.3) is 0 Å². The number of hydrogen-bond donors (Lipinski definition) is 1. The van der Waals surface area contributed by atoms with Gasteiger partial charge >= 0.3 is 0 Å². The van der Waals surface area contributed by atoms with E-state index in [2.05, 4.69) is 17.1 Å². The minimum atomic E-state index is 0.809. The molecule has 1 saturated heterocycles. The van der Waals surface area contributed by atoms with Crippen LogP contribution in [-0.4, -0.2) is 37.1 Å². The fraction of sp³-hybridized carbons (Fsp3) is 1.00. The molecule has 16 heavy (non-hydrogen) atoms. The summed E-state index contributed by atoms with van der Waals surface area (Å²) < 4.78 is 0. The Hall–Kier alpha value is -0.0800. The van der Waals surface area contributed by atoms with Crippen LogP contribution in [0.3, 0.4) is 0 Å². The van der Waals surface area contributed by atoms with E-state index in [9.17, 15) is 0 Å². The molecule has 0 spiro atoms. The van der Waals surface area contributed by atoms with Crippen LogP contribution in [0.25, 0.3) is 0 Å². The molecule has 0 radical (unpaired) electrons. The molecule has 0 aromatic rings. The number of hydrogen-bond acceptors (Lipinski definition) is 2. The van der Waals surface area contributed by atoms with Crippen molar-refractivity contribution in [1.29, 1.82) is 0 Å². The van der Waals surface area contributed by atoms with Crippen LogP contribution in [0.1, 0.15) is 51.9 Å². The van der Waals surface area contributed by atoms with Gasteiger partial charge in [-0.05, 0) is 57.7 Å². The predicted octanol–water partition coefficient (Wildman–Crippen LogP) is 2.64. The summed E-state index contributed by atoms with van der Waals surface area (Å²) in [6, 6.07) is 0.809. The summed E-state index contributed by atoms with van der Waals surface area (Å²) in [6.45, 7) is 7.48. The number of nitrogens with zero attached hydrogens (tertiary/aromatic N) is 1. The fourth-order valence-electron chi connectivity index (χ4n) is 2.93. The summed E-state index contributed by atoms with van der Waals surface area (Å²) in [6.07, 6.45) is 10.0. The largest absolute Gasteiger partial charge is 0.314 e. The second kappa shape index (κ2) is 6.61. The van der Waals surface area contributed by atoms with E-state index in [1.807, 2.05) is 0 Å². The molecule has 1 unspecified atom stereocenters. The van der Waals surface area contributed by atoms with Crippen LogP contribution >= 0.6 is 0 Å². The van der Waals surface area contributed by atoms with Gasteiger partial charge in [0, 0.05) is 12.6 Å². The summed E-state index contributed by atoms with van der Waals surface area (Å²) >= 11 is 0. The quantitative estimate of drug-likeness (QED) is 0.746. The average molecular weight is 224 g/mol. The molecule has 2 fully saturated rings. The molecule has 2 aliphatic rings. The SMILES string of the molecule is CCN(CCC1CCCCN1)CC1CCC1. The molecule has 1 atom stereocenters. The summed E-state index contributed by atoms with van der Waals surface area (Å²) in [5, 5.41) is 3.65. The Bertz CT molecular complexity index is 183. The lowest BCUT2D eigenvalue weighted by molar-refractivity contribution is 0.175. The molecule has 2 heteroatoms. The van der Waals surface area contributed by atoms with Gasteiger partial charge in [-0.2, -0.15) is 0 Å². The third kappa shape index (κ3) is 3.74. The van der Waals surface area contributed by atoms with Gasteiger partial charge in [0.1, 0.15) is 0 Å². The van der Waals surface area contributed by atoms with Crippen molar-refractivity contribution in [3.63, 3.8) is 0 Å². The Kier molecular flexibility index (Phi) is 5.11. The van der Waals surface area contributed by atoms with Gasteiger partial charge in [0.15, 0.2) is 0 Å². The molecule has 0 bridgehead atoms. The molecule has 1 N–H and O–H groups in total. The zero-order chi connectivity index (χ0) is 11.2. The Morgan fingerprint density at radius 2 is 2.00 bits per heavy atom. The molecule has 1 aliphatic carbocycles. The van der Waals surface area contributed by atoms with Crippen LogP contribution in [-0.2, 0) is 0 Å². The maximum atomic E-state index is 3.65. The van der Waals surface area contributed by atoms with Gasteiger partial charge in [-0.3, -0.25) is 0 Å². The van der Waals surface area contributed by atoms with Gasteiger partial charge in [-0.15, -0.1) is 0 Å². The standard InChI is InChI=1S/C14H28N2/c1-2-16(12-13-6-5-7-13)11-9-14-8-3-4-10-15-14/h13-15H,2-12H2,1H3. The number of rotatable bonds is 6. The molecule has 1 saturated carbocycles. The minimum absolute atomic E-state index is 0.809. The van der Waals surface area contributed by atoms with E-state index < -0.39 is 0 Å². The summed E-state index contributed by atoms with van der Waals surface area (Å²) in [5.74, 6) is 1.03. The third-order valence-electron chi connectivity index (χ3n) is 4.39. The second-order valence-corrected chi connectivity index (χ2v) is 5.63. The Morgan fingerprint density at radius 1 is 1.12 bits per heavy atom. The lowest BCUT2D eigenvalue weighted by Crippen LogP contribution is -2.39. The van der Waals surface area contributed by atoms with Crippen molar-refractivity contribution in [2.45, 2.75) is 57.9 Å². The highest BCUT2D eigenvalue weighted by Gasteiger charge is 2.20. The van der Waals surface area contributed by atoms with Gasteiger partial charge in [-0.1, -0.05) is 19.8 Å². The predicted molar refractivity (Wildman–Crippen MR) is 69.7 cm³/mol. The summed E-state index contributed by atoms with van der Waals surface area (Å²) in [5.41, 5.74) is 0. The van der Waals surface area contributed by atoms with Crippen LogP contribution in [0, 0.1) is 5.92 Å². The van der Waals surface area contributed by atoms with Crippen molar-refractivity contribution in [3.8, 4) is 0 Å². The third-order valence-corrected chi connectivity index (χ3v) is 4.39. The van der Waals surface area contributed by atoms with Crippen LogP contribution in [0.15, 0.2) is 0 Å². The normalized spacial score (nSPS) is 27.0. The molecule has 1 aliphatic heterocycles. The van der Waals surface area contributed by atoms with Crippen molar-refractivity contribution < 1.29 is 0 Å². The van der Waals surface area contributed by atoms with Crippen molar-refractivity contribution in [2.24, 2.45) is 5.92 Å². The summed E-state index contributed by atoms with van der Waals surface area (Å²) in [7, 11) is 0. The molecule has 0 amide bonds. The zero-order valence-electron chi connectivity index (χ0n) is 10.9. The van der Waals surface area contributed by atoms with Gasteiger partial charge in [-0.25, -0.2) is 0 Å². The second-order valence-electron chi connectivity index (χ2n) is 5.63. The maximum Gasteiger partial charge on any atom is 0.00792 e. The van der Waals surface area contributed by atoms with E-state index in [1.54, 1.807) is 0 Å². The van der Waals surface area contributed by atoms with Crippen LogP contribution in [0.4, 0.5) is 0 Å². The van der Waals surface area contributed by atoms with Crippen molar-refractivity contribution in [2.75, 3.05) is 26.2 Å².